The van der Waals surface area contributed by atoms with Gasteiger partial charge in [0.25, 0.3) is 0 Å². The fraction of sp³-hybridized carbons (Fsp3) is 0.462. The van der Waals surface area contributed by atoms with Crippen molar-refractivity contribution in [3.63, 3.8) is 0 Å². The number of hydrogen-bond donors (Lipinski definition) is 0. The lowest BCUT2D eigenvalue weighted by atomic mass is 10.2. The Morgan fingerprint density at radius 3 is 2.89 bits per heavy atom. The molecule has 0 atom stereocenters. The van der Waals surface area contributed by atoms with E-state index in [2.05, 4.69) is 4.90 Å². The van der Waals surface area contributed by atoms with E-state index in [0.717, 1.165) is 39.1 Å². The molecule has 0 amide bonds. The van der Waals surface area contributed by atoms with E-state index in [1.165, 1.54) is 0 Å². The molecule has 0 bridgehead atoms. The lowest BCUT2D eigenvalue weighted by Gasteiger charge is -2.26. The Morgan fingerprint density at radius 2 is 2.17 bits per heavy atom. The van der Waals surface area contributed by atoms with Crippen LogP contribution in [0.25, 0.3) is 0 Å². The molecule has 98 valence electrons. The third-order valence-corrected chi connectivity index (χ3v) is 3.23. The first kappa shape index (κ1) is 13.3. The van der Waals surface area contributed by atoms with Gasteiger partial charge in [-0.1, -0.05) is 17.7 Å². The molecular formula is C13H16ClNO3. The normalized spacial score (nSPS) is 16.5. The molecule has 2 rings (SSSR count). The zero-order valence-electron chi connectivity index (χ0n) is 10.1. The maximum absolute atomic E-state index is 10.9. The summed E-state index contributed by atoms with van der Waals surface area (Å²) in [6.07, 6.45) is 0.729. The van der Waals surface area contributed by atoms with E-state index in [4.69, 9.17) is 21.1 Å². The first-order chi connectivity index (χ1) is 8.81. The first-order valence-electron chi connectivity index (χ1n) is 5.98. The van der Waals surface area contributed by atoms with Gasteiger partial charge >= 0.3 is 0 Å². The number of carbonyl (C=O) groups excluding carboxylic acids is 1. The molecule has 1 heterocycles. The van der Waals surface area contributed by atoms with Crippen molar-refractivity contribution in [2.75, 3.05) is 39.5 Å². The molecule has 0 spiro atoms. The summed E-state index contributed by atoms with van der Waals surface area (Å²) in [6.45, 7) is 4.78. The molecule has 1 aliphatic heterocycles. The van der Waals surface area contributed by atoms with Crippen molar-refractivity contribution in [2.24, 2.45) is 0 Å². The van der Waals surface area contributed by atoms with Crippen LogP contribution in [0.15, 0.2) is 18.2 Å². The van der Waals surface area contributed by atoms with Crippen molar-refractivity contribution in [3.05, 3.63) is 28.8 Å². The van der Waals surface area contributed by atoms with Gasteiger partial charge in [0.05, 0.1) is 23.8 Å². The van der Waals surface area contributed by atoms with Crippen LogP contribution in [0.5, 0.6) is 5.75 Å². The van der Waals surface area contributed by atoms with Gasteiger partial charge in [-0.2, -0.15) is 0 Å². The Bertz CT molecular complexity index is 405. The summed E-state index contributed by atoms with van der Waals surface area (Å²) in [5.41, 5.74) is 0.418. The molecule has 0 saturated carbocycles. The maximum atomic E-state index is 10.9. The predicted octanol–water partition coefficient (Wildman–Crippen LogP) is 1.86. The van der Waals surface area contributed by atoms with E-state index >= 15 is 0 Å². The highest BCUT2D eigenvalue weighted by atomic mass is 35.5. The van der Waals surface area contributed by atoms with Crippen LogP contribution in [0, 0.1) is 0 Å². The van der Waals surface area contributed by atoms with Gasteiger partial charge in [0.1, 0.15) is 12.4 Å². The van der Waals surface area contributed by atoms with Gasteiger partial charge in [-0.05, 0) is 12.1 Å². The largest absolute Gasteiger partial charge is 0.491 e. The van der Waals surface area contributed by atoms with Gasteiger partial charge in [0, 0.05) is 19.6 Å². The number of nitrogens with zero attached hydrogens (tertiary/aromatic N) is 1. The zero-order chi connectivity index (χ0) is 12.8. The molecule has 18 heavy (non-hydrogen) atoms. The topological polar surface area (TPSA) is 38.8 Å². The average Bonchev–Trinajstić information content (AvgIpc) is 2.40. The Balaban J connectivity index is 1.86. The second-order valence-corrected chi connectivity index (χ2v) is 4.48. The van der Waals surface area contributed by atoms with Crippen LogP contribution in [0.2, 0.25) is 5.02 Å². The Kier molecular flexibility index (Phi) is 4.99. The Hall–Kier alpha value is -1.10. The summed E-state index contributed by atoms with van der Waals surface area (Å²) in [6, 6.07) is 5.22. The van der Waals surface area contributed by atoms with Crippen molar-refractivity contribution < 1.29 is 14.3 Å². The van der Waals surface area contributed by atoms with Gasteiger partial charge in [-0.3, -0.25) is 9.69 Å². The molecule has 1 aromatic rings. The highest BCUT2D eigenvalue weighted by Crippen LogP contribution is 2.24. The molecule has 1 aromatic carbocycles. The van der Waals surface area contributed by atoms with Crippen molar-refractivity contribution in [1.82, 2.24) is 4.90 Å². The van der Waals surface area contributed by atoms with Crippen LogP contribution in [0.4, 0.5) is 0 Å². The third kappa shape index (κ3) is 3.45. The molecule has 0 unspecified atom stereocenters. The summed E-state index contributed by atoms with van der Waals surface area (Å²) in [4.78, 5) is 13.2. The zero-order valence-corrected chi connectivity index (χ0v) is 10.9. The number of rotatable bonds is 5. The number of hydrogen-bond acceptors (Lipinski definition) is 4. The molecular weight excluding hydrogens is 254 g/mol. The van der Waals surface area contributed by atoms with Crippen molar-refractivity contribution in [2.45, 2.75) is 0 Å². The number of benzene rings is 1. The lowest BCUT2D eigenvalue weighted by molar-refractivity contribution is 0.0322. The summed E-state index contributed by atoms with van der Waals surface area (Å²) in [5, 5.41) is 0.425. The number of aldehydes is 1. The van der Waals surface area contributed by atoms with E-state index in [1.54, 1.807) is 18.2 Å². The minimum Gasteiger partial charge on any atom is -0.491 e. The Morgan fingerprint density at radius 1 is 1.39 bits per heavy atom. The monoisotopic (exact) mass is 269 g/mol. The molecule has 1 saturated heterocycles. The summed E-state index contributed by atoms with van der Waals surface area (Å²) in [5.74, 6) is 0.547. The van der Waals surface area contributed by atoms with Crippen LogP contribution < -0.4 is 4.74 Å². The molecule has 0 aromatic heterocycles. The highest BCUT2D eigenvalue weighted by Gasteiger charge is 2.11. The number of ether oxygens (including phenoxy) is 2. The van der Waals surface area contributed by atoms with Crippen molar-refractivity contribution in [1.29, 1.82) is 0 Å². The first-order valence-corrected chi connectivity index (χ1v) is 6.35. The molecule has 0 radical (unpaired) electrons. The Labute approximate surface area is 111 Å². The van der Waals surface area contributed by atoms with E-state index < -0.39 is 0 Å². The van der Waals surface area contributed by atoms with Crippen molar-refractivity contribution in [3.8, 4) is 5.75 Å². The standard InChI is InChI=1S/C13H16ClNO3/c14-12-2-1-3-13(11(12)10-16)18-9-6-15-4-7-17-8-5-15/h1-3,10H,4-9H2. The molecule has 0 N–H and O–H groups in total. The fourth-order valence-electron chi connectivity index (χ4n) is 1.87. The van der Waals surface area contributed by atoms with E-state index in [9.17, 15) is 4.79 Å². The minimum atomic E-state index is 0.418. The van der Waals surface area contributed by atoms with Gasteiger partial charge in [-0.25, -0.2) is 0 Å². The van der Waals surface area contributed by atoms with Crippen LogP contribution >= 0.6 is 11.6 Å². The van der Waals surface area contributed by atoms with Gasteiger partial charge < -0.3 is 9.47 Å². The predicted molar refractivity (Wildman–Crippen MR) is 69.6 cm³/mol. The highest BCUT2D eigenvalue weighted by molar-refractivity contribution is 6.33. The quantitative estimate of drug-likeness (QED) is 0.765. The third-order valence-electron chi connectivity index (χ3n) is 2.90. The number of morpholine rings is 1. The van der Waals surface area contributed by atoms with Crippen LogP contribution in [-0.4, -0.2) is 50.6 Å². The summed E-state index contributed by atoms with van der Waals surface area (Å²) in [7, 11) is 0. The molecule has 4 nitrogen and oxygen atoms in total. The number of halogens is 1. The molecule has 1 fully saturated rings. The fourth-order valence-corrected chi connectivity index (χ4v) is 2.08. The maximum Gasteiger partial charge on any atom is 0.155 e. The average molecular weight is 270 g/mol. The molecule has 0 aliphatic carbocycles. The van der Waals surface area contributed by atoms with E-state index in [-0.39, 0.29) is 0 Å². The van der Waals surface area contributed by atoms with Gasteiger partial charge in [0.2, 0.25) is 0 Å². The van der Waals surface area contributed by atoms with E-state index in [0.29, 0.717) is 22.9 Å². The van der Waals surface area contributed by atoms with Gasteiger partial charge in [-0.15, -0.1) is 0 Å². The molecule has 1 aliphatic rings. The SMILES string of the molecule is O=Cc1c(Cl)cccc1OCCN1CCOCC1. The minimum absolute atomic E-state index is 0.418. The lowest BCUT2D eigenvalue weighted by Crippen LogP contribution is -2.38. The second-order valence-electron chi connectivity index (χ2n) is 4.07. The van der Waals surface area contributed by atoms with Crippen LogP contribution in [-0.2, 0) is 4.74 Å². The summed E-state index contributed by atoms with van der Waals surface area (Å²) >= 11 is 5.92. The smallest absolute Gasteiger partial charge is 0.155 e. The number of carbonyl (C=O) groups is 1. The molecule has 5 heteroatoms. The van der Waals surface area contributed by atoms with Crippen molar-refractivity contribution >= 4 is 17.9 Å². The van der Waals surface area contributed by atoms with Crippen LogP contribution in [0.3, 0.4) is 0 Å². The second kappa shape index (κ2) is 6.73. The summed E-state index contributed by atoms with van der Waals surface area (Å²) < 4.78 is 10.9. The van der Waals surface area contributed by atoms with E-state index in [1.807, 2.05) is 0 Å². The van der Waals surface area contributed by atoms with Gasteiger partial charge in [0.15, 0.2) is 6.29 Å². The van der Waals surface area contributed by atoms with Crippen LogP contribution in [0.1, 0.15) is 10.4 Å².